The number of sulfonamides is 1. The van der Waals surface area contributed by atoms with Crippen molar-refractivity contribution in [3.8, 4) is 11.3 Å². The Balaban J connectivity index is 1.41. The molecule has 184 valence electrons. The third-order valence-electron chi connectivity index (χ3n) is 5.58. The van der Waals surface area contributed by atoms with E-state index in [1.165, 1.54) is 44.8 Å². The lowest BCUT2D eigenvalue weighted by Gasteiger charge is -2.33. The van der Waals surface area contributed by atoms with Crippen LogP contribution in [0.25, 0.3) is 11.3 Å². The van der Waals surface area contributed by atoms with Crippen molar-refractivity contribution in [2.45, 2.75) is 18.7 Å². The highest BCUT2D eigenvalue weighted by atomic mass is 32.2. The molecule has 1 aliphatic rings. The summed E-state index contributed by atoms with van der Waals surface area (Å²) in [5, 5.41) is 3.27. The Kier molecular flexibility index (Phi) is 7.48. The summed E-state index contributed by atoms with van der Waals surface area (Å²) in [6, 6.07) is 15.5. The van der Waals surface area contributed by atoms with Gasteiger partial charge >= 0.3 is 6.09 Å². The minimum atomic E-state index is -3.75. The first kappa shape index (κ1) is 24.8. The number of aryl methyl sites for hydroxylation is 1. The summed E-state index contributed by atoms with van der Waals surface area (Å²) >= 11 is 1.38. The average Bonchev–Trinajstić information content (AvgIpc) is 3.24. The molecule has 0 aliphatic carbocycles. The lowest BCUT2D eigenvalue weighted by Crippen LogP contribution is -2.50. The molecule has 3 aromatic rings. The van der Waals surface area contributed by atoms with Crippen molar-refractivity contribution in [1.29, 1.82) is 0 Å². The van der Waals surface area contributed by atoms with Gasteiger partial charge in [-0.15, -0.1) is 11.3 Å². The molecule has 1 fully saturated rings. The zero-order valence-electron chi connectivity index (χ0n) is 19.4. The van der Waals surface area contributed by atoms with Crippen molar-refractivity contribution in [2.24, 2.45) is 0 Å². The number of amides is 2. The highest BCUT2D eigenvalue weighted by Gasteiger charge is 2.30. The van der Waals surface area contributed by atoms with E-state index in [4.69, 9.17) is 4.74 Å². The van der Waals surface area contributed by atoms with Crippen molar-refractivity contribution < 1.29 is 22.7 Å². The van der Waals surface area contributed by atoms with Crippen LogP contribution in [0.2, 0.25) is 0 Å². The molecule has 2 heterocycles. The number of hydrogen-bond acceptors (Lipinski definition) is 7. The van der Waals surface area contributed by atoms with Crippen molar-refractivity contribution in [1.82, 2.24) is 14.2 Å². The van der Waals surface area contributed by atoms with E-state index in [9.17, 15) is 18.0 Å². The largest absolute Gasteiger partial charge is 0.450 e. The molecule has 1 aliphatic heterocycles. The van der Waals surface area contributed by atoms with E-state index in [2.05, 4.69) is 10.3 Å². The van der Waals surface area contributed by atoms with E-state index >= 15 is 0 Å². The Hall–Kier alpha value is -3.28. The maximum atomic E-state index is 13.0. The number of nitrogens with one attached hydrogen (secondary N) is 1. The third-order valence-corrected chi connectivity index (χ3v) is 8.38. The van der Waals surface area contributed by atoms with Gasteiger partial charge in [0.2, 0.25) is 10.0 Å². The van der Waals surface area contributed by atoms with Crippen molar-refractivity contribution in [2.75, 3.05) is 38.1 Å². The van der Waals surface area contributed by atoms with Gasteiger partial charge in [0, 0.05) is 42.2 Å². The van der Waals surface area contributed by atoms with Crippen LogP contribution in [0.5, 0.6) is 0 Å². The number of carbonyl (C=O) groups excluding carboxylic acids is 2. The summed E-state index contributed by atoms with van der Waals surface area (Å²) in [4.78, 5) is 31.7. The van der Waals surface area contributed by atoms with Crippen LogP contribution in [-0.4, -0.2) is 67.4 Å². The number of hydrogen-bond donors (Lipinski definition) is 1. The lowest BCUT2D eigenvalue weighted by atomic mass is 10.1. The third kappa shape index (κ3) is 5.53. The smallest absolute Gasteiger partial charge is 0.409 e. The van der Waals surface area contributed by atoms with Crippen LogP contribution in [0.3, 0.4) is 0 Å². The number of benzene rings is 2. The van der Waals surface area contributed by atoms with Gasteiger partial charge in [-0.3, -0.25) is 10.1 Å². The zero-order chi connectivity index (χ0) is 25.0. The maximum Gasteiger partial charge on any atom is 0.409 e. The van der Waals surface area contributed by atoms with Gasteiger partial charge in [-0.1, -0.05) is 30.3 Å². The summed E-state index contributed by atoms with van der Waals surface area (Å²) in [5.41, 5.74) is 2.11. The number of ether oxygens (including phenoxy) is 1. The van der Waals surface area contributed by atoms with Crippen LogP contribution in [0.4, 0.5) is 9.93 Å². The second kappa shape index (κ2) is 10.5. The van der Waals surface area contributed by atoms with E-state index in [0.717, 1.165) is 16.1 Å². The first-order valence-corrected chi connectivity index (χ1v) is 13.4. The Morgan fingerprint density at radius 2 is 1.69 bits per heavy atom. The number of piperazine rings is 1. The summed E-state index contributed by atoms with van der Waals surface area (Å²) in [5.74, 6) is -0.370. The predicted molar refractivity (Wildman–Crippen MR) is 134 cm³/mol. The van der Waals surface area contributed by atoms with Crippen molar-refractivity contribution in [3.63, 3.8) is 0 Å². The number of rotatable bonds is 6. The van der Waals surface area contributed by atoms with Gasteiger partial charge < -0.3 is 9.64 Å². The van der Waals surface area contributed by atoms with E-state index in [1.54, 1.807) is 6.92 Å². The quantitative estimate of drug-likeness (QED) is 0.536. The van der Waals surface area contributed by atoms with Gasteiger partial charge in [-0.05, 0) is 38.1 Å². The second-order valence-corrected chi connectivity index (χ2v) is 11.0. The van der Waals surface area contributed by atoms with Gasteiger partial charge in [0.1, 0.15) is 0 Å². The molecule has 9 nitrogen and oxygen atoms in total. The van der Waals surface area contributed by atoms with Crippen molar-refractivity contribution in [3.05, 3.63) is 65.0 Å². The molecule has 0 bridgehead atoms. The van der Waals surface area contributed by atoms with E-state index in [1.807, 2.05) is 37.3 Å². The molecule has 1 N–H and O–H groups in total. The summed E-state index contributed by atoms with van der Waals surface area (Å²) in [7, 11) is -3.75. The van der Waals surface area contributed by atoms with Crippen LogP contribution in [0.15, 0.2) is 59.5 Å². The molecule has 1 saturated heterocycles. The second-order valence-electron chi connectivity index (χ2n) is 7.86. The molecular formula is C24H26N4O5S2. The molecule has 0 saturated carbocycles. The first-order chi connectivity index (χ1) is 16.8. The summed E-state index contributed by atoms with van der Waals surface area (Å²) in [6.07, 6.45) is -0.439. The van der Waals surface area contributed by atoms with Crippen molar-refractivity contribution >= 4 is 38.5 Å². The highest BCUT2D eigenvalue weighted by Crippen LogP contribution is 2.30. The average molecular weight is 515 g/mol. The Morgan fingerprint density at radius 1 is 1.03 bits per heavy atom. The molecule has 0 spiro atoms. The predicted octanol–water partition coefficient (Wildman–Crippen LogP) is 3.83. The molecule has 11 heteroatoms. The lowest BCUT2D eigenvalue weighted by molar-refractivity contribution is 0.0933. The fourth-order valence-corrected chi connectivity index (χ4v) is 5.99. The van der Waals surface area contributed by atoms with Crippen LogP contribution in [0.1, 0.15) is 22.2 Å². The SMILES string of the molecule is CCOC(=O)N1CCN(S(=O)(=O)c2ccc(C(=O)Nc3nc(-c4ccccc4)c(C)s3)cc2)CC1. The fraction of sp³-hybridized carbons (Fsp3) is 0.292. The Bertz CT molecular complexity index is 1300. The normalized spacial score (nSPS) is 14.5. The van der Waals surface area contributed by atoms with Crippen LogP contribution in [-0.2, 0) is 14.8 Å². The minimum absolute atomic E-state index is 0.0927. The standard InChI is InChI=1S/C24H26N4O5S2/c1-3-33-24(30)27-13-15-28(16-14-27)35(31,32)20-11-9-19(10-12-20)22(29)26-23-25-21(17(2)34-23)18-7-5-4-6-8-18/h4-12H,3,13-16H2,1-2H3,(H,25,26,29). The Morgan fingerprint density at radius 3 is 2.31 bits per heavy atom. The molecular weight excluding hydrogens is 488 g/mol. The topological polar surface area (TPSA) is 109 Å². The number of carbonyl (C=O) groups is 2. The molecule has 0 radical (unpaired) electrons. The number of anilines is 1. The molecule has 0 atom stereocenters. The molecule has 0 unspecified atom stereocenters. The number of thiazole rings is 1. The molecule has 4 rings (SSSR count). The Labute approximate surface area is 208 Å². The maximum absolute atomic E-state index is 13.0. The molecule has 35 heavy (non-hydrogen) atoms. The molecule has 1 aromatic heterocycles. The molecule has 2 amide bonds. The number of nitrogens with zero attached hydrogens (tertiary/aromatic N) is 3. The van der Waals surface area contributed by atoms with E-state index in [-0.39, 0.29) is 43.6 Å². The zero-order valence-corrected chi connectivity index (χ0v) is 21.1. The highest BCUT2D eigenvalue weighted by molar-refractivity contribution is 7.89. The van der Waals surface area contributed by atoms with Crippen LogP contribution >= 0.6 is 11.3 Å². The van der Waals surface area contributed by atoms with E-state index in [0.29, 0.717) is 10.7 Å². The minimum Gasteiger partial charge on any atom is -0.450 e. The van der Waals surface area contributed by atoms with Gasteiger partial charge in [0.05, 0.1) is 17.2 Å². The summed E-state index contributed by atoms with van der Waals surface area (Å²) in [6.45, 7) is 4.82. The van der Waals surface area contributed by atoms with Gasteiger partial charge in [-0.25, -0.2) is 18.2 Å². The van der Waals surface area contributed by atoms with Crippen LogP contribution in [0, 0.1) is 6.92 Å². The number of aromatic nitrogens is 1. The van der Waals surface area contributed by atoms with Gasteiger partial charge in [-0.2, -0.15) is 4.31 Å². The fourth-order valence-electron chi connectivity index (χ4n) is 3.74. The molecule has 2 aromatic carbocycles. The van der Waals surface area contributed by atoms with Crippen LogP contribution < -0.4 is 5.32 Å². The van der Waals surface area contributed by atoms with Gasteiger partial charge in [0.15, 0.2) is 5.13 Å². The first-order valence-electron chi connectivity index (χ1n) is 11.2. The van der Waals surface area contributed by atoms with Gasteiger partial charge in [0.25, 0.3) is 5.91 Å². The monoisotopic (exact) mass is 514 g/mol. The summed E-state index contributed by atoms with van der Waals surface area (Å²) < 4.78 is 32.3. The van der Waals surface area contributed by atoms with E-state index < -0.39 is 16.1 Å².